The summed E-state index contributed by atoms with van der Waals surface area (Å²) in [7, 11) is 0. The van der Waals surface area contributed by atoms with Gasteiger partial charge in [-0.15, -0.1) is 0 Å². The van der Waals surface area contributed by atoms with Crippen LogP contribution in [0.3, 0.4) is 0 Å². The van der Waals surface area contributed by atoms with Gasteiger partial charge < -0.3 is 15.8 Å². The zero-order valence-electron chi connectivity index (χ0n) is 11.9. The van der Waals surface area contributed by atoms with Gasteiger partial charge in [0.15, 0.2) is 6.61 Å². The lowest BCUT2D eigenvalue weighted by molar-refractivity contribution is -0.118. The van der Waals surface area contributed by atoms with E-state index in [0.29, 0.717) is 22.1 Å². The van der Waals surface area contributed by atoms with Crippen LogP contribution < -0.4 is 15.8 Å². The highest BCUT2D eigenvalue weighted by Gasteiger charge is 2.08. The minimum atomic E-state index is -0.288. The number of carbonyl (C=O) groups is 1. The highest BCUT2D eigenvalue weighted by molar-refractivity contribution is 6.31. The first-order valence-corrected chi connectivity index (χ1v) is 6.88. The number of aryl methyl sites for hydroxylation is 2. The summed E-state index contributed by atoms with van der Waals surface area (Å²) in [6.07, 6.45) is 0. The van der Waals surface area contributed by atoms with Gasteiger partial charge in [0.05, 0.1) is 11.4 Å². The molecular formula is C16H17ClN2O2. The topological polar surface area (TPSA) is 64.3 Å². The van der Waals surface area contributed by atoms with Crippen LogP contribution >= 0.6 is 11.6 Å². The number of ether oxygens (including phenoxy) is 1. The first kappa shape index (κ1) is 15.2. The molecule has 0 fully saturated rings. The highest BCUT2D eigenvalue weighted by atomic mass is 35.5. The second-order valence-corrected chi connectivity index (χ2v) is 5.27. The second-order valence-electron chi connectivity index (χ2n) is 4.84. The van der Waals surface area contributed by atoms with E-state index in [2.05, 4.69) is 5.32 Å². The third kappa shape index (κ3) is 4.13. The SMILES string of the molecule is Cc1ccc(OCC(=O)Nc2cc(Cl)ccc2N)c(C)c1. The first-order valence-electron chi connectivity index (χ1n) is 6.50. The lowest BCUT2D eigenvalue weighted by Gasteiger charge is -2.11. The molecule has 0 aliphatic carbocycles. The molecule has 0 spiro atoms. The summed E-state index contributed by atoms with van der Waals surface area (Å²) in [5.41, 5.74) is 8.85. The number of benzene rings is 2. The van der Waals surface area contributed by atoms with E-state index in [9.17, 15) is 4.79 Å². The minimum absolute atomic E-state index is 0.0874. The Morgan fingerprint density at radius 2 is 2.00 bits per heavy atom. The van der Waals surface area contributed by atoms with E-state index >= 15 is 0 Å². The number of nitrogens with one attached hydrogen (secondary N) is 1. The minimum Gasteiger partial charge on any atom is -0.483 e. The molecule has 2 rings (SSSR count). The molecule has 0 aliphatic rings. The van der Waals surface area contributed by atoms with Crippen molar-refractivity contribution in [1.82, 2.24) is 0 Å². The number of nitrogen functional groups attached to an aromatic ring is 1. The predicted octanol–water partition coefficient (Wildman–Crippen LogP) is 3.56. The summed E-state index contributed by atoms with van der Waals surface area (Å²) in [6, 6.07) is 10.7. The summed E-state index contributed by atoms with van der Waals surface area (Å²) >= 11 is 5.87. The van der Waals surface area contributed by atoms with Crippen molar-refractivity contribution >= 4 is 28.9 Å². The number of halogens is 1. The average Bonchev–Trinajstić information content (AvgIpc) is 2.42. The van der Waals surface area contributed by atoms with Gasteiger partial charge in [0.2, 0.25) is 0 Å². The molecule has 2 aromatic rings. The molecule has 0 heterocycles. The molecule has 0 bridgehead atoms. The van der Waals surface area contributed by atoms with Crippen LogP contribution in [0.5, 0.6) is 5.75 Å². The van der Waals surface area contributed by atoms with Gasteiger partial charge in [-0.2, -0.15) is 0 Å². The Kier molecular flexibility index (Phi) is 4.70. The van der Waals surface area contributed by atoms with Gasteiger partial charge in [0.25, 0.3) is 5.91 Å². The van der Waals surface area contributed by atoms with Gasteiger partial charge in [0, 0.05) is 5.02 Å². The summed E-state index contributed by atoms with van der Waals surface area (Å²) in [4.78, 5) is 11.9. The largest absolute Gasteiger partial charge is 0.483 e. The maximum atomic E-state index is 11.9. The van der Waals surface area contributed by atoms with Crippen LogP contribution in [-0.4, -0.2) is 12.5 Å². The average molecular weight is 305 g/mol. The predicted molar refractivity (Wildman–Crippen MR) is 85.9 cm³/mol. The summed E-state index contributed by atoms with van der Waals surface area (Å²) in [5.74, 6) is 0.402. The molecular weight excluding hydrogens is 288 g/mol. The molecule has 21 heavy (non-hydrogen) atoms. The molecule has 0 aromatic heterocycles. The zero-order valence-corrected chi connectivity index (χ0v) is 12.7. The fourth-order valence-electron chi connectivity index (χ4n) is 1.93. The summed E-state index contributed by atoms with van der Waals surface area (Å²) in [6.45, 7) is 3.86. The Hall–Kier alpha value is -2.20. The zero-order chi connectivity index (χ0) is 15.4. The van der Waals surface area contributed by atoms with Gasteiger partial charge in [-0.05, 0) is 43.7 Å². The molecule has 2 aromatic carbocycles. The van der Waals surface area contributed by atoms with Gasteiger partial charge in [-0.1, -0.05) is 29.3 Å². The smallest absolute Gasteiger partial charge is 0.262 e. The molecule has 3 N–H and O–H groups in total. The Bertz CT molecular complexity index is 671. The normalized spacial score (nSPS) is 10.2. The van der Waals surface area contributed by atoms with E-state index in [1.165, 1.54) is 0 Å². The van der Waals surface area contributed by atoms with Gasteiger partial charge in [0.1, 0.15) is 5.75 Å². The van der Waals surface area contributed by atoms with Crippen LogP contribution in [0.2, 0.25) is 5.02 Å². The number of carbonyl (C=O) groups excluding carboxylic acids is 1. The van der Waals surface area contributed by atoms with Crippen LogP contribution in [0.25, 0.3) is 0 Å². The number of hydrogen-bond acceptors (Lipinski definition) is 3. The Morgan fingerprint density at radius 3 is 2.71 bits per heavy atom. The standard InChI is InChI=1S/C16H17ClN2O2/c1-10-3-6-15(11(2)7-10)21-9-16(20)19-14-8-12(17)4-5-13(14)18/h3-8H,9,18H2,1-2H3,(H,19,20). The van der Waals surface area contributed by atoms with Crippen molar-refractivity contribution in [2.75, 3.05) is 17.7 Å². The van der Waals surface area contributed by atoms with Crippen LogP contribution in [0.1, 0.15) is 11.1 Å². The van der Waals surface area contributed by atoms with Gasteiger partial charge in [-0.25, -0.2) is 0 Å². The maximum Gasteiger partial charge on any atom is 0.262 e. The number of rotatable bonds is 4. The molecule has 0 saturated carbocycles. The van der Waals surface area contributed by atoms with Crippen molar-refractivity contribution in [1.29, 1.82) is 0 Å². The van der Waals surface area contributed by atoms with E-state index in [1.54, 1.807) is 18.2 Å². The fourth-order valence-corrected chi connectivity index (χ4v) is 2.10. The van der Waals surface area contributed by atoms with E-state index < -0.39 is 0 Å². The molecule has 0 unspecified atom stereocenters. The van der Waals surface area contributed by atoms with Crippen molar-refractivity contribution in [3.63, 3.8) is 0 Å². The maximum absolute atomic E-state index is 11.9. The molecule has 5 heteroatoms. The Balaban J connectivity index is 1.97. The lowest BCUT2D eigenvalue weighted by Crippen LogP contribution is -2.21. The molecule has 4 nitrogen and oxygen atoms in total. The Labute approximate surface area is 128 Å². The molecule has 0 saturated heterocycles. The van der Waals surface area contributed by atoms with E-state index in [1.807, 2.05) is 32.0 Å². The van der Waals surface area contributed by atoms with Crippen LogP contribution in [0.15, 0.2) is 36.4 Å². The van der Waals surface area contributed by atoms with Crippen molar-refractivity contribution in [2.45, 2.75) is 13.8 Å². The van der Waals surface area contributed by atoms with Gasteiger partial charge >= 0.3 is 0 Å². The second kappa shape index (κ2) is 6.50. The third-order valence-corrected chi connectivity index (χ3v) is 3.21. The summed E-state index contributed by atoms with van der Waals surface area (Å²) in [5, 5.41) is 3.19. The van der Waals surface area contributed by atoms with Crippen LogP contribution in [-0.2, 0) is 4.79 Å². The monoisotopic (exact) mass is 304 g/mol. The number of hydrogen-bond donors (Lipinski definition) is 2. The van der Waals surface area contributed by atoms with Crippen molar-refractivity contribution in [2.24, 2.45) is 0 Å². The number of nitrogens with two attached hydrogens (primary N) is 1. The molecule has 0 radical (unpaired) electrons. The lowest BCUT2D eigenvalue weighted by atomic mass is 10.1. The summed E-state index contributed by atoms with van der Waals surface area (Å²) < 4.78 is 5.51. The van der Waals surface area contributed by atoms with E-state index in [4.69, 9.17) is 22.1 Å². The molecule has 1 amide bonds. The Morgan fingerprint density at radius 1 is 1.24 bits per heavy atom. The first-order chi connectivity index (χ1) is 9.95. The van der Waals surface area contributed by atoms with E-state index in [0.717, 1.165) is 11.1 Å². The van der Waals surface area contributed by atoms with Crippen molar-refractivity contribution in [3.05, 3.63) is 52.5 Å². The third-order valence-electron chi connectivity index (χ3n) is 2.98. The fraction of sp³-hybridized carbons (Fsp3) is 0.188. The molecule has 110 valence electrons. The van der Waals surface area contributed by atoms with Crippen LogP contribution in [0.4, 0.5) is 11.4 Å². The van der Waals surface area contributed by atoms with Crippen molar-refractivity contribution < 1.29 is 9.53 Å². The van der Waals surface area contributed by atoms with Gasteiger partial charge in [-0.3, -0.25) is 4.79 Å². The number of anilines is 2. The molecule has 0 aliphatic heterocycles. The number of amides is 1. The molecule has 0 atom stereocenters. The van der Waals surface area contributed by atoms with Crippen molar-refractivity contribution in [3.8, 4) is 5.75 Å². The van der Waals surface area contributed by atoms with E-state index in [-0.39, 0.29) is 12.5 Å². The highest BCUT2D eigenvalue weighted by Crippen LogP contribution is 2.23. The van der Waals surface area contributed by atoms with Crippen LogP contribution in [0, 0.1) is 13.8 Å². The quantitative estimate of drug-likeness (QED) is 0.849.